The van der Waals surface area contributed by atoms with E-state index in [0.29, 0.717) is 0 Å². The molecule has 6 rings (SSSR count). The Balaban J connectivity index is 1.47. The fourth-order valence-corrected chi connectivity index (χ4v) is 4.69. The first-order valence-electron chi connectivity index (χ1n) is 10.6. The molecule has 0 atom stereocenters. The molecule has 0 amide bonds. The molecule has 0 saturated heterocycles. The lowest BCUT2D eigenvalue weighted by molar-refractivity contribution is -0.0318. The largest absolute Gasteiger partial charge is 0.390 e. The van der Waals surface area contributed by atoms with Crippen LogP contribution in [0.25, 0.3) is 39.1 Å². The summed E-state index contributed by atoms with van der Waals surface area (Å²) in [5, 5.41) is 11.3. The zero-order valence-electron chi connectivity index (χ0n) is 17.2. The van der Waals surface area contributed by atoms with Crippen LogP contribution in [-0.4, -0.2) is 30.1 Å². The molecule has 0 radical (unpaired) electrons. The SMILES string of the molecule is CC1(O)CC(c2nc(-c3ccc4ccc(-c5ccccc5)nc4c3)n3ccncc23)C1. The second-order valence-electron chi connectivity index (χ2n) is 8.72. The first-order valence-corrected chi connectivity index (χ1v) is 10.6. The fourth-order valence-electron chi connectivity index (χ4n) is 4.69. The number of hydrogen-bond donors (Lipinski definition) is 1. The number of nitrogens with zero attached hydrogens (tertiary/aromatic N) is 4. The van der Waals surface area contributed by atoms with Crippen molar-refractivity contribution in [3.8, 4) is 22.6 Å². The van der Waals surface area contributed by atoms with Crippen LogP contribution in [0.5, 0.6) is 0 Å². The van der Waals surface area contributed by atoms with Gasteiger partial charge in [-0.1, -0.05) is 48.5 Å². The number of imidazole rings is 1. The molecule has 5 nitrogen and oxygen atoms in total. The molecule has 1 saturated carbocycles. The number of pyridine rings is 1. The summed E-state index contributed by atoms with van der Waals surface area (Å²) in [4.78, 5) is 14.3. The number of hydrogen-bond acceptors (Lipinski definition) is 4. The van der Waals surface area contributed by atoms with E-state index in [1.807, 2.05) is 37.5 Å². The van der Waals surface area contributed by atoms with Crippen LogP contribution < -0.4 is 0 Å². The van der Waals surface area contributed by atoms with Gasteiger partial charge in [-0.25, -0.2) is 9.97 Å². The first-order chi connectivity index (χ1) is 15.1. The second kappa shape index (κ2) is 6.72. The standard InChI is InChI=1S/C26H22N4O/c1-26(31)14-20(15-26)24-23-16-27-11-12-30(23)25(29-24)19-8-7-18-9-10-21(28-22(18)13-19)17-5-3-2-4-6-17/h2-13,16,20,31H,14-15H2,1H3. The summed E-state index contributed by atoms with van der Waals surface area (Å²) in [6.45, 7) is 1.89. The summed E-state index contributed by atoms with van der Waals surface area (Å²) in [5.74, 6) is 1.14. The van der Waals surface area contributed by atoms with E-state index in [1.54, 1.807) is 6.20 Å². The van der Waals surface area contributed by atoms with Crippen molar-refractivity contribution in [1.29, 1.82) is 0 Å². The molecule has 2 aromatic carbocycles. The monoisotopic (exact) mass is 406 g/mol. The molecule has 31 heavy (non-hydrogen) atoms. The van der Waals surface area contributed by atoms with Crippen molar-refractivity contribution in [2.45, 2.75) is 31.3 Å². The van der Waals surface area contributed by atoms with Gasteiger partial charge in [0.15, 0.2) is 0 Å². The van der Waals surface area contributed by atoms with Crippen LogP contribution in [0.2, 0.25) is 0 Å². The van der Waals surface area contributed by atoms with Crippen molar-refractivity contribution in [1.82, 2.24) is 19.4 Å². The van der Waals surface area contributed by atoms with Crippen LogP contribution in [0.1, 0.15) is 31.4 Å². The number of fused-ring (bicyclic) bond motifs is 2. The highest BCUT2D eigenvalue weighted by molar-refractivity contribution is 5.85. The Kier molecular flexibility index (Phi) is 3.95. The van der Waals surface area contributed by atoms with Gasteiger partial charge in [-0.05, 0) is 31.9 Å². The molecule has 3 aromatic heterocycles. The molecular formula is C26H22N4O. The molecular weight excluding hydrogens is 384 g/mol. The second-order valence-corrected chi connectivity index (χ2v) is 8.72. The molecule has 1 N–H and O–H groups in total. The van der Waals surface area contributed by atoms with E-state index in [-0.39, 0.29) is 5.92 Å². The highest BCUT2D eigenvalue weighted by Crippen LogP contribution is 2.45. The molecule has 1 fully saturated rings. The fraction of sp³-hybridized carbons (Fsp3) is 0.192. The molecule has 1 aliphatic rings. The molecule has 0 aliphatic heterocycles. The van der Waals surface area contributed by atoms with E-state index in [2.05, 4.69) is 51.8 Å². The van der Waals surface area contributed by atoms with E-state index in [1.165, 1.54) is 0 Å². The van der Waals surface area contributed by atoms with E-state index in [0.717, 1.165) is 57.6 Å². The highest BCUT2D eigenvalue weighted by Gasteiger charge is 2.41. The summed E-state index contributed by atoms with van der Waals surface area (Å²) < 4.78 is 2.09. The average molecular weight is 406 g/mol. The maximum atomic E-state index is 10.2. The molecule has 0 unspecified atom stereocenters. The number of aliphatic hydroxyl groups is 1. The van der Waals surface area contributed by atoms with Gasteiger partial charge in [0.25, 0.3) is 0 Å². The van der Waals surface area contributed by atoms with Crippen molar-refractivity contribution in [3.05, 3.63) is 84.9 Å². The van der Waals surface area contributed by atoms with Gasteiger partial charge in [0.05, 0.1) is 34.2 Å². The van der Waals surface area contributed by atoms with E-state index in [9.17, 15) is 5.11 Å². The van der Waals surface area contributed by atoms with Gasteiger partial charge >= 0.3 is 0 Å². The third-order valence-corrected chi connectivity index (χ3v) is 6.25. The highest BCUT2D eigenvalue weighted by atomic mass is 16.3. The normalized spacial score (nSPS) is 20.8. The Labute approximate surface area is 180 Å². The molecule has 5 aromatic rings. The predicted octanol–water partition coefficient (Wildman–Crippen LogP) is 5.24. The van der Waals surface area contributed by atoms with Crippen molar-refractivity contribution in [2.75, 3.05) is 0 Å². The zero-order chi connectivity index (χ0) is 21.0. The van der Waals surface area contributed by atoms with Crippen molar-refractivity contribution < 1.29 is 5.11 Å². The van der Waals surface area contributed by atoms with Crippen molar-refractivity contribution in [3.63, 3.8) is 0 Å². The number of rotatable bonds is 3. The van der Waals surface area contributed by atoms with E-state index < -0.39 is 5.60 Å². The Morgan fingerprint density at radius 3 is 2.58 bits per heavy atom. The average Bonchev–Trinajstić information content (AvgIpc) is 3.17. The molecule has 1 aliphatic carbocycles. The number of benzene rings is 2. The summed E-state index contributed by atoms with van der Waals surface area (Å²) >= 11 is 0. The van der Waals surface area contributed by atoms with Gasteiger partial charge in [0.1, 0.15) is 5.82 Å². The van der Waals surface area contributed by atoms with Crippen molar-refractivity contribution in [2.24, 2.45) is 0 Å². The van der Waals surface area contributed by atoms with Gasteiger partial charge in [-0.2, -0.15) is 0 Å². The first kappa shape index (κ1) is 18.2. The van der Waals surface area contributed by atoms with Crippen LogP contribution in [0.4, 0.5) is 0 Å². The lowest BCUT2D eigenvalue weighted by Gasteiger charge is -2.40. The maximum Gasteiger partial charge on any atom is 0.145 e. The number of aromatic nitrogens is 4. The van der Waals surface area contributed by atoms with E-state index >= 15 is 0 Å². The predicted molar refractivity (Wildman–Crippen MR) is 122 cm³/mol. The molecule has 0 bridgehead atoms. The van der Waals surface area contributed by atoms with Gasteiger partial charge in [0, 0.05) is 34.8 Å². The molecule has 152 valence electrons. The summed E-state index contributed by atoms with van der Waals surface area (Å²) in [6.07, 6.45) is 7.06. The lowest BCUT2D eigenvalue weighted by atomic mass is 9.70. The summed E-state index contributed by atoms with van der Waals surface area (Å²) in [7, 11) is 0. The Morgan fingerprint density at radius 1 is 0.968 bits per heavy atom. The van der Waals surface area contributed by atoms with Gasteiger partial charge in [-0.3, -0.25) is 9.38 Å². The minimum absolute atomic E-state index is 0.256. The van der Waals surface area contributed by atoms with Gasteiger partial charge < -0.3 is 5.11 Å². The van der Waals surface area contributed by atoms with Crippen LogP contribution in [0.3, 0.4) is 0 Å². The Morgan fingerprint density at radius 2 is 1.77 bits per heavy atom. The van der Waals surface area contributed by atoms with Crippen LogP contribution in [0.15, 0.2) is 79.3 Å². The van der Waals surface area contributed by atoms with Crippen LogP contribution >= 0.6 is 0 Å². The quantitative estimate of drug-likeness (QED) is 0.445. The van der Waals surface area contributed by atoms with Crippen LogP contribution in [-0.2, 0) is 0 Å². The molecule has 0 spiro atoms. The minimum Gasteiger partial charge on any atom is -0.390 e. The van der Waals surface area contributed by atoms with Gasteiger partial charge in [0.2, 0.25) is 0 Å². The lowest BCUT2D eigenvalue weighted by Crippen LogP contribution is -2.39. The third kappa shape index (κ3) is 3.09. The minimum atomic E-state index is -0.594. The van der Waals surface area contributed by atoms with E-state index in [4.69, 9.17) is 9.97 Å². The zero-order valence-corrected chi connectivity index (χ0v) is 17.2. The summed E-state index contributed by atoms with van der Waals surface area (Å²) in [6, 6.07) is 20.7. The molecule has 5 heteroatoms. The summed E-state index contributed by atoms with van der Waals surface area (Å²) in [5.41, 5.74) is 5.45. The van der Waals surface area contributed by atoms with Crippen molar-refractivity contribution >= 4 is 16.4 Å². The smallest absolute Gasteiger partial charge is 0.145 e. The maximum absolute atomic E-state index is 10.2. The van der Waals surface area contributed by atoms with Gasteiger partial charge in [-0.15, -0.1) is 0 Å². The third-order valence-electron chi connectivity index (χ3n) is 6.25. The molecule has 3 heterocycles. The Hall–Kier alpha value is -3.57. The Bertz CT molecular complexity index is 1410. The van der Waals surface area contributed by atoms with Crippen LogP contribution in [0, 0.1) is 0 Å². The topological polar surface area (TPSA) is 63.3 Å².